The molecule has 0 atom stereocenters. The number of anilines is 1. The minimum absolute atomic E-state index is 0.0500. The third kappa shape index (κ3) is 5.32. The molecule has 2 amide bonds. The van der Waals surface area contributed by atoms with Crippen LogP contribution in [0.1, 0.15) is 6.42 Å². The first-order valence-electron chi connectivity index (χ1n) is 8.16. The van der Waals surface area contributed by atoms with Crippen LogP contribution in [0.3, 0.4) is 0 Å². The van der Waals surface area contributed by atoms with Crippen LogP contribution in [0, 0.1) is 0 Å². The van der Waals surface area contributed by atoms with Gasteiger partial charge in [-0.3, -0.25) is 0 Å². The van der Waals surface area contributed by atoms with Crippen molar-refractivity contribution in [1.82, 2.24) is 15.1 Å². The maximum Gasteiger partial charge on any atom is 0.317 e. The van der Waals surface area contributed by atoms with Crippen molar-refractivity contribution in [2.75, 3.05) is 65.4 Å². The molecule has 0 radical (unpaired) electrons. The number of hydrogen-bond donors (Lipinski definition) is 1. The molecule has 1 N–H and O–H groups in total. The number of methoxy groups -OCH3 is 1. The highest BCUT2D eigenvalue weighted by Gasteiger charge is 2.21. The van der Waals surface area contributed by atoms with Gasteiger partial charge in [0, 0.05) is 44.5 Å². The van der Waals surface area contributed by atoms with Crippen molar-refractivity contribution in [1.29, 1.82) is 0 Å². The number of nitrogens with zero attached hydrogens (tertiary/aromatic N) is 3. The number of hydrogen-bond acceptors (Lipinski definition) is 4. The lowest BCUT2D eigenvalue weighted by Gasteiger charge is -2.36. The maximum atomic E-state index is 12.1. The molecule has 1 saturated heterocycles. The predicted octanol–water partition coefficient (Wildman–Crippen LogP) is 1.48. The van der Waals surface area contributed by atoms with E-state index in [0.717, 1.165) is 57.1 Å². The Kier molecular flexibility index (Phi) is 6.52. The monoisotopic (exact) mass is 320 g/mol. The molecule has 2 rings (SSSR count). The summed E-state index contributed by atoms with van der Waals surface area (Å²) >= 11 is 0. The molecule has 1 heterocycles. The first-order chi connectivity index (χ1) is 11.1. The van der Waals surface area contributed by atoms with Crippen LogP contribution in [0.15, 0.2) is 24.3 Å². The van der Waals surface area contributed by atoms with E-state index in [9.17, 15) is 4.79 Å². The van der Waals surface area contributed by atoms with E-state index in [1.165, 1.54) is 0 Å². The number of carbonyl (C=O) groups excluding carboxylic acids is 1. The van der Waals surface area contributed by atoms with Crippen molar-refractivity contribution >= 4 is 11.7 Å². The summed E-state index contributed by atoms with van der Waals surface area (Å²) in [7, 11) is 5.76. The number of rotatable bonds is 6. The van der Waals surface area contributed by atoms with Gasteiger partial charge in [-0.25, -0.2) is 4.79 Å². The highest BCUT2D eigenvalue weighted by Crippen LogP contribution is 2.22. The molecular weight excluding hydrogens is 292 g/mol. The van der Waals surface area contributed by atoms with Crippen molar-refractivity contribution < 1.29 is 9.53 Å². The fourth-order valence-corrected chi connectivity index (χ4v) is 2.68. The molecule has 0 spiro atoms. The van der Waals surface area contributed by atoms with Crippen LogP contribution in [0.4, 0.5) is 10.5 Å². The van der Waals surface area contributed by atoms with E-state index in [2.05, 4.69) is 21.2 Å². The van der Waals surface area contributed by atoms with Crippen molar-refractivity contribution in [3.63, 3.8) is 0 Å². The summed E-state index contributed by atoms with van der Waals surface area (Å²) in [5, 5.41) is 3.00. The summed E-state index contributed by atoms with van der Waals surface area (Å²) < 4.78 is 5.27. The largest absolute Gasteiger partial charge is 0.497 e. The van der Waals surface area contributed by atoms with Crippen molar-refractivity contribution in [3.8, 4) is 5.75 Å². The molecule has 1 aliphatic heterocycles. The van der Waals surface area contributed by atoms with Gasteiger partial charge in [0.15, 0.2) is 0 Å². The lowest BCUT2D eigenvalue weighted by Crippen LogP contribution is -2.52. The molecule has 0 bridgehead atoms. The van der Waals surface area contributed by atoms with E-state index in [4.69, 9.17) is 4.74 Å². The highest BCUT2D eigenvalue weighted by atomic mass is 16.5. The average Bonchev–Trinajstić information content (AvgIpc) is 2.58. The standard InChI is InChI=1S/C17H28N4O2/c1-19(2)9-5-8-18-17(22)21-12-10-20(11-13-21)15-6-4-7-16(14-15)23-3/h4,6-7,14H,5,8-13H2,1-3H3,(H,18,22). The van der Waals surface area contributed by atoms with Gasteiger partial charge in [-0.1, -0.05) is 6.07 Å². The molecule has 6 heteroatoms. The number of nitrogens with one attached hydrogen (secondary N) is 1. The molecule has 1 aliphatic rings. The number of urea groups is 1. The second-order valence-corrected chi connectivity index (χ2v) is 6.06. The smallest absolute Gasteiger partial charge is 0.317 e. The SMILES string of the molecule is COc1cccc(N2CCN(C(=O)NCCCN(C)C)CC2)c1. The molecule has 1 aromatic rings. The summed E-state index contributed by atoms with van der Waals surface area (Å²) in [6.45, 7) is 4.90. The van der Waals surface area contributed by atoms with Gasteiger partial charge in [0.2, 0.25) is 0 Å². The van der Waals surface area contributed by atoms with Gasteiger partial charge in [-0.2, -0.15) is 0 Å². The van der Waals surface area contributed by atoms with Gasteiger partial charge < -0.3 is 24.8 Å². The van der Waals surface area contributed by atoms with Gasteiger partial charge in [0.05, 0.1) is 7.11 Å². The number of amides is 2. The number of benzene rings is 1. The van der Waals surface area contributed by atoms with E-state index in [0.29, 0.717) is 0 Å². The molecule has 0 aliphatic carbocycles. The minimum atomic E-state index is 0.0500. The van der Waals surface area contributed by atoms with Crippen molar-refractivity contribution in [2.45, 2.75) is 6.42 Å². The molecule has 6 nitrogen and oxygen atoms in total. The second kappa shape index (κ2) is 8.62. The molecule has 0 aromatic heterocycles. The van der Waals surface area contributed by atoms with Crippen LogP contribution in [0.5, 0.6) is 5.75 Å². The Labute approximate surface area is 139 Å². The summed E-state index contributed by atoms with van der Waals surface area (Å²) in [4.78, 5) is 18.5. The van der Waals surface area contributed by atoms with Crippen LogP contribution in [-0.4, -0.2) is 76.3 Å². The Hall–Kier alpha value is -1.95. The average molecular weight is 320 g/mol. The van der Waals surface area contributed by atoms with Gasteiger partial charge >= 0.3 is 6.03 Å². The quantitative estimate of drug-likeness (QED) is 0.807. The predicted molar refractivity (Wildman–Crippen MR) is 93.3 cm³/mol. The first-order valence-corrected chi connectivity index (χ1v) is 8.16. The molecular formula is C17H28N4O2. The highest BCUT2D eigenvalue weighted by molar-refractivity contribution is 5.74. The van der Waals surface area contributed by atoms with Gasteiger partial charge in [0.1, 0.15) is 5.75 Å². The van der Waals surface area contributed by atoms with Gasteiger partial charge in [0.25, 0.3) is 0 Å². The Morgan fingerprint density at radius 2 is 2.00 bits per heavy atom. The Morgan fingerprint density at radius 3 is 2.65 bits per heavy atom. The molecule has 23 heavy (non-hydrogen) atoms. The van der Waals surface area contributed by atoms with E-state index < -0.39 is 0 Å². The normalized spacial score (nSPS) is 15.0. The zero-order valence-electron chi connectivity index (χ0n) is 14.4. The molecule has 0 unspecified atom stereocenters. The van der Waals surface area contributed by atoms with Gasteiger partial charge in [-0.05, 0) is 39.2 Å². The Balaban J connectivity index is 1.75. The third-order valence-electron chi connectivity index (χ3n) is 4.04. The minimum Gasteiger partial charge on any atom is -0.497 e. The molecule has 128 valence electrons. The van der Waals surface area contributed by atoms with Crippen LogP contribution >= 0.6 is 0 Å². The Bertz CT molecular complexity index is 499. The fraction of sp³-hybridized carbons (Fsp3) is 0.588. The van der Waals surface area contributed by atoms with Crippen LogP contribution < -0.4 is 15.0 Å². The number of piperazine rings is 1. The van der Waals surface area contributed by atoms with E-state index in [-0.39, 0.29) is 6.03 Å². The lowest BCUT2D eigenvalue weighted by molar-refractivity contribution is 0.194. The number of carbonyl (C=O) groups is 1. The van der Waals surface area contributed by atoms with E-state index in [1.54, 1.807) is 7.11 Å². The van der Waals surface area contributed by atoms with Gasteiger partial charge in [-0.15, -0.1) is 0 Å². The topological polar surface area (TPSA) is 48.1 Å². The molecule has 0 saturated carbocycles. The zero-order valence-corrected chi connectivity index (χ0v) is 14.4. The van der Waals surface area contributed by atoms with Crippen molar-refractivity contribution in [2.24, 2.45) is 0 Å². The van der Waals surface area contributed by atoms with Crippen molar-refractivity contribution in [3.05, 3.63) is 24.3 Å². The zero-order chi connectivity index (χ0) is 16.7. The van der Waals surface area contributed by atoms with Crippen LogP contribution in [-0.2, 0) is 0 Å². The van der Waals surface area contributed by atoms with E-state index >= 15 is 0 Å². The summed E-state index contributed by atoms with van der Waals surface area (Å²) in [6, 6.07) is 8.11. The van der Waals surface area contributed by atoms with E-state index in [1.807, 2.05) is 37.2 Å². The maximum absolute atomic E-state index is 12.1. The summed E-state index contributed by atoms with van der Waals surface area (Å²) in [5.74, 6) is 0.864. The Morgan fingerprint density at radius 1 is 1.26 bits per heavy atom. The molecule has 1 aromatic carbocycles. The van der Waals surface area contributed by atoms with Crippen LogP contribution in [0.2, 0.25) is 0 Å². The summed E-state index contributed by atoms with van der Waals surface area (Å²) in [5.41, 5.74) is 1.15. The molecule has 1 fully saturated rings. The lowest BCUT2D eigenvalue weighted by atomic mass is 10.2. The third-order valence-corrected chi connectivity index (χ3v) is 4.04. The summed E-state index contributed by atoms with van der Waals surface area (Å²) in [6.07, 6.45) is 0.975. The van der Waals surface area contributed by atoms with Crippen LogP contribution in [0.25, 0.3) is 0 Å². The fourth-order valence-electron chi connectivity index (χ4n) is 2.68. The number of ether oxygens (including phenoxy) is 1. The second-order valence-electron chi connectivity index (χ2n) is 6.06. The first kappa shape index (κ1) is 17.4.